The van der Waals surface area contributed by atoms with E-state index in [0.29, 0.717) is 0 Å². The van der Waals surface area contributed by atoms with Crippen LogP contribution in [0.2, 0.25) is 0 Å². The molecule has 4 atom stereocenters. The van der Waals surface area contributed by atoms with Gasteiger partial charge in [0.25, 0.3) is 0 Å². The SMILES string of the molecule is CCCC[C@]1(O)C[C@@H](c2ccc(OC)cc2)[NH2+][C@H](c2ccc(OC)cc2)[C@@H]1C. The van der Waals surface area contributed by atoms with Crippen molar-refractivity contribution in [2.75, 3.05) is 14.2 Å². The Morgan fingerprint density at radius 2 is 1.50 bits per heavy atom. The van der Waals surface area contributed by atoms with Gasteiger partial charge in [0.2, 0.25) is 0 Å². The summed E-state index contributed by atoms with van der Waals surface area (Å²) in [5.74, 6) is 1.89. The van der Waals surface area contributed by atoms with Crippen LogP contribution in [0.25, 0.3) is 0 Å². The molecule has 4 heteroatoms. The van der Waals surface area contributed by atoms with Crippen molar-refractivity contribution >= 4 is 0 Å². The van der Waals surface area contributed by atoms with Crippen molar-refractivity contribution in [2.24, 2.45) is 5.92 Å². The summed E-state index contributed by atoms with van der Waals surface area (Å²) in [6.07, 6.45) is 3.76. The molecule has 0 saturated carbocycles. The third-order valence-corrected chi connectivity index (χ3v) is 6.41. The predicted octanol–water partition coefficient (Wildman–Crippen LogP) is 4.01. The van der Waals surface area contributed by atoms with Crippen LogP contribution < -0.4 is 14.8 Å². The molecular weight excluding hydrogens is 350 g/mol. The van der Waals surface area contributed by atoms with E-state index >= 15 is 0 Å². The molecule has 0 radical (unpaired) electrons. The Kier molecular flexibility index (Phi) is 6.63. The highest BCUT2D eigenvalue weighted by atomic mass is 16.5. The number of methoxy groups -OCH3 is 2. The van der Waals surface area contributed by atoms with Crippen LogP contribution in [-0.4, -0.2) is 24.9 Å². The van der Waals surface area contributed by atoms with E-state index in [1.165, 1.54) is 11.1 Å². The highest BCUT2D eigenvalue weighted by Crippen LogP contribution is 2.41. The summed E-state index contributed by atoms with van der Waals surface area (Å²) < 4.78 is 10.6. The van der Waals surface area contributed by atoms with Gasteiger partial charge < -0.3 is 19.9 Å². The molecule has 4 nitrogen and oxygen atoms in total. The lowest BCUT2D eigenvalue weighted by molar-refractivity contribution is -0.756. The Hall–Kier alpha value is -2.04. The molecule has 1 heterocycles. The molecule has 0 aromatic heterocycles. The van der Waals surface area contributed by atoms with Gasteiger partial charge in [-0.2, -0.15) is 0 Å². The van der Waals surface area contributed by atoms with E-state index in [-0.39, 0.29) is 18.0 Å². The molecule has 3 rings (SSSR count). The Labute approximate surface area is 168 Å². The van der Waals surface area contributed by atoms with Crippen LogP contribution in [0, 0.1) is 5.92 Å². The van der Waals surface area contributed by atoms with Crippen LogP contribution in [0.3, 0.4) is 0 Å². The fraction of sp³-hybridized carbons (Fsp3) is 0.500. The van der Waals surface area contributed by atoms with Gasteiger partial charge in [0.1, 0.15) is 23.6 Å². The number of nitrogens with two attached hydrogens (primary N) is 1. The molecular formula is C24H34NO3+. The van der Waals surface area contributed by atoms with E-state index in [0.717, 1.165) is 37.2 Å². The lowest BCUT2D eigenvalue weighted by Gasteiger charge is -2.45. The summed E-state index contributed by atoms with van der Waals surface area (Å²) in [6.45, 7) is 4.39. The summed E-state index contributed by atoms with van der Waals surface area (Å²) in [5, 5.41) is 14.1. The molecule has 2 aromatic carbocycles. The van der Waals surface area contributed by atoms with Gasteiger partial charge in [0.15, 0.2) is 0 Å². The number of quaternary nitrogens is 1. The molecule has 152 valence electrons. The minimum atomic E-state index is -0.667. The van der Waals surface area contributed by atoms with Gasteiger partial charge >= 0.3 is 0 Å². The summed E-state index contributed by atoms with van der Waals surface area (Å²) in [7, 11) is 3.38. The van der Waals surface area contributed by atoms with Gasteiger partial charge in [-0.05, 0) is 55.0 Å². The van der Waals surface area contributed by atoms with Crippen LogP contribution in [0.4, 0.5) is 0 Å². The number of hydrogen-bond acceptors (Lipinski definition) is 3. The van der Waals surface area contributed by atoms with Crippen molar-refractivity contribution in [1.29, 1.82) is 0 Å². The number of ether oxygens (including phenoxy) is 2. The molecule has 2 aromatic rings. The zero-order chi connectivity index (χ0) is 20.1. The van der Waals surface area contributed by atoms with Gasteiger partial charge in [-0.15, -0.1) is 0 Å². The van der Waals surface area contributed by atoms with Crippen LogP contribution in [0.1, 0.15) is 62.7 Å². The maximum absolute atomic E-state index is 11.7. The van der Waals surface area contributed by atoms with Crippen molar-refractivity contribution < 1.29 is 19.9 Å². The molecule has 1 fully saturated rings. The average molecular weight is 385 g/mol. The van der Waals surface area contributed by atoms with Crippen molar-refractivity contribution in [3.05, 3.63) is 59.7 Å². The normalized spacial score (nSPS) is 27.4. The van der Waals surface area contributed by atoms with Crippen LogP contribution in [0.5, 0.6) is 11.5 Å². The number of unbranched alkanes of at least 4 members (excludes halogenated alkanes) is 1. The first-order chi connectivity index (χ1) is 13.5. The fourth-order valence-corrected chi connectivity index (χ4v) is 4.50. The Bertz CT molecular complexity index is 743. The first kappa shape index (κ1) is 20.7. The molecule has 0 aliphatic carbocycles. The summed E-state index contributed by atoms with van der Waals surface area (Å²) in [5.41, 5.74) is 1.81. The topological polar surface area (TPSA) is 55.3 Å². The third-order valence-electron chi connectivity index (χ3n) is 6.41. The zero-order valence-corrected chi connectivity index (χ0v) is 17.5. The Morgan fingerprint density at radius 3 is 2.00 bits per heavy atom. The highest BCUT2D eigenvalue weighted by Gasteiger charge is 2.48. The van der Waals surface area contributed by atoms with Crippen LogP contribution >= 0.6 is 0 Å². The molecule has 0 bridgehead atoms. The molecule has 0 spiro atoms. The average Bonchev–Trinajstić information content (AvgIpc) is 2.74. The molecule has 3 N–H and O–H groups in total. The Balaban J connectivity index is 1.92. The van der Waals surface area contributed by atoms with E-state index < -0.39 is 5.60 Å². The van der Waals surface area contributed by atoms with E-state index in [2.05, 4.69) is 43.4 Å². The molecule has 0 unspecified atom stereocenters. The van der Waals surface area contributed by atoms with Gasteiger partial charge in [0, 0.05) is 23.5 Å². The number of hydrogen-bond donors (Lipinski definition) is 2. The van der Waals surface area contributed by atoms with Crippen molar-refractivity contribution in [3.63, 3.8) is 0 Å². The third kappa shape index (κ3) is 4.34. The van der Waals surface area contributed by atoms with Gasteiger partial charge in [-0.3, -0.25) is 0 Å². The predicted molar refractivity (Wildman–Crippen MR) is 112 cm³/mol. The fourth-order valence-electron chi connectivity index (χ4n) is 4.50. The molecule has 1 saturated heterocycles. The van der Waals surface area contributed by atoms with Crippen LogP contribution in [-0.2, 0) is 0 Å². The number of benzene rings is 2. The zero-order valence-electron chi connectivity index (χ0n) is 17.5. The van der Waals surface area contributed by atoms with Crippen molar-refractivity contribution in [3.8, 4) is 11.5 Å². The minimum absolute atomic E-state index is 0.168. The van der Waals surface area contributed by atoms with Gasteiger partial charge in [0.05, 0.1) is 19.8 Å². The van der Waals surface area contributed by atoms with E-state index in [4.69, 9.17) is 9.47 Å². The van der Waals surface area contributed by atoms with E-state index in [9.17, 15) is 5.11 Å². The number of rotatable bonds is 7. The van der Waals surface area contributed by atoms with Gasteiger partial charge in [-0.25, -0.2) is 0 Å². The van der Waals surface area contributed by atoms with Gasteiger partial charge in [-0.1, -0.05) is 26.7 Å². The smallest absolute Gasteiger partial charge is 0.118 e. The lowest BCUT2D eigenvalue weighted by Crippen LogP contribution is -2.91. The number of aliphatic hydroxyl groups is 1. The monoisotopic (exact) mass is 384 g/mol. The second-order valence-electron chi connectivity index (χ2n) is 8.07. The maximum atomic E-state index is 11.7. The molecule has 0 amide bonds. The standard InChI is InChI=1S/C24H33NO3/c1-5-6-15-24(26)16-22(18-7-11-20(27-3)12-8-18)25-23(17(24)2)19-9-13-21(28-4)14-10-19/h7-14,17,22-23,25-26H,5-6,15-16H2,1-4H3/p+1/t17-,22-,23-,24-/m0/s1. The lowest BCUT2D eigenvalue weighted by atomic mass is 9.70. The highest BCUT2D eigenvalue weighted by molar-refractivity contribution is 5.31. The quantitative estimate of drug-likeness (QED) is 0.758. The minimum Gasteiger partial charge on any atom is -0.497 e. The van der Waals surface area contributed by atoms with Crippen molar-refractivity contribution in [1.82, 2.24) is 0 Å². The van der Waals surface area contributed by atoms with Crippen LogP contribution in [0.15, 0.2) is 48.5 Å². The number of piperidine rings is 1. The van der Waals surface area contributed by atoms with Crippen molar-refractivity contribution in [2.45, 2.75) is 57.2 Å². The summed E-state index contributed by atoms with van der Waals surface area (Å²) in [6, 6.07) is 17.0. The maximum Gasteiger partial charge on any atom is 0.118 e. The first-order valence-corrected chi connectivity index (χ1v) is 10.4. The molecule has 28 heavy (non-hydrogen) atoms. The summed E-state index contributed by atoms with van der Waals surface area (Å²) >= 11 is 0. The second-order valence-corrected chi connectivity index (χ2v) is 8.07. The second kappa shape index (κ2) is 8.97. The molecule has 1 aliphatic heterocycles. The largest absolute Gasteiger partial charge is 0.497 e. The first-order valence-electron chi connectivity index (χ1n) is 10.4. The molecule has 1 aliphatic rings. The van der Waals surface area contributed by atoms with E-state index in [1.54, 1.807) is 14.2 Å². The summed E-state index contributed by atoms with van der Waals surface area (Å²) in [4.78, 5) is 0. The Morgan fingerprint density at radius 1 is 0.964 bits per heavy atom. The van der Waals surface area contributed by atoms with E-state index in [1.807, 2.05) is 24.3 Å².